The van der Waals surface area contributed by atoms with Gasteiger partial charge in [0.15, 0.2) is 0 Å². The van der Waals surface area contributed by atoms with E-state index in [0.29, 0.717) is 4.47 Å². The van der Waals surface area contributed by atoms with Crippen LogP contribution in [0.2, 0.25) is 0 Å². The average molecular weight is 380 g/mol. The van der Waals surface area contributed by atoms with E-state index in [0.717, 1.165) is 0 Å². The van der Waals surface area contributed by atoms with Crippen molar-refractivity contribution in [3.8, 4) is 0 Å². The van der Waals surface area contributed by atoms with Crippen LogP contribution in [0.1, 0.15) is 18.6 Å². The summed E-state index contributed by atoms with van der Waals surface area (Å²) in [4.78, 5) is 0. The molecule has 9 heteroatoms. The Bertz CT molecular complexity index is 460. The minimum absolute atomic E-state index is 0.123. The zero-order valence-corrected chi connectivity index (χ0v) is 12.3. The van der Waals surface area contributed by atoms with Gasteiger partial charge < -0.3 is 10.5 Å². The summed E-state index contributed by atoms with van der Waals surface area (Å²) < 4.78 is 80.0. The largest absolute Gasteiger partial charge is 0.423 e. The lowest BCUT2D eigenvalue weighted by Gasteiger charge is -2.30. The van der Waals surface area contributed by atoms with Gasteiger partial charge in [-0.1, -0.05) is 28.1 Å². The third-order valence-electron chi connectivity index (χ3n) is 2.53. The van der Waals surface area contributed by atoms with E-state index in [-0.39, 0.29) is 5.56 Å². The topological polar surface area (TPSA) is 35.2 Å². The summed E-state index contributed by atoms with van der Waals surface area (Å²) in [5, 5.41) is 0. The zero-order chi connectivity index (χ0) is 16.4. The Morgan fingerprint density at radius 2 is 1.62 bits per heavy atom. The quantitative estimate of drug-likeness (QED) is 0.789. The van der Waals surface area contributed by atoms with E-state index in [4.69, 9.17) is 5.73 Å². The molecule has 1 aromatic rings. The fourth-order valence-electron chi connectivity index (χ4n) is 1.68. The molecule has 0 spiro atoms. The number of benzene rings is 1. The van der Waals surface area contributed by atoms with Crippen LogP contribution in [0.15, 0.2) is 28.7 Å². The van der Waals surface area contributed by atoms with Crippen molar-refractivity contribution in [3.05, 3.63) is 34.3 Å². The minimum atomic E-state index is -5.57. The highest BCUT2D eigenvalue weighted by atomic mass is 79.9. The molecule has 2 N–H and O–H groups in total. The number of rotatable bonds is 4. The molecule has 0 aromatic heterocycles. The first-order valence-corrected chi connectivity index (χ1v) is 6.52. The van der Waals surface area contributed by atoms with E-state index in [1.54, 1.807) is 6.07 Å². The summed E-state index contributed by atoms with van der Waals surface area (Å²) in [5.74, 6) is 0. The Labute approximate surface area is 125 Å². The molecule has 0 bridgehead atoms. The van der Waals surface area contributed by atoms with Crippen LogP contribution >= 0.6 is 15.9 Å². The van der Waals surface area contributed by atoms with E-state index in [1.165, 1.54) is 25.1 Å². The summed E-state index contributed by atoms with van der Waals surface area (Å²) in [5.41, 5.74) is 5.60. The molecule has 0 amide bonds. The third kappa shape index (κ3) is 5.15. The number of hydrogen-bond donors (Lipinski definition) is 1. The normalized spacial score (nSPS) is 16.1. The third-order valence-corrected chi connectivity index (χ3v) is 3.03. The molecule has 120 valence electrons. The van der Waals surface area contributed by atoms with Gasteiger partial charge in [-0.05, 0) is 24.6 Å². The number of hydrogen-bond acceptors (Lipinski definition) is 2. The predicted octanol–water partition coefficient (Wildman–Crippen LogP) is 4.35. The Morgan fingerprint density at radius 3 is 2.00 bits per heavy atom. The predicted molar refractivity (Wildman–Crippen MR) is 67.5 cm³/mol. The van der Waals surface area contributed by atoms with Crippen molar-refractivity contribution < 1.29 is 31.1 Å². The molecular weight excluding hydrogens is 368 g/mol. The number of ether oxygens (including phenoxy) is 1. The summed E-state index contributed by atoms with van der Waals surface area (Å²) in [6.07, 6.45) is -16.6. The van der Waals surface area contributed by atoms with Crippen molar-refractivity contribution in [2.45, 2.75) is 37.5 Å². The molecule has 0 aliphatic carbocycles. The molecule has 0 saturated carbocycles. The van der Waals surface area contributed by atoms with Gasteiger partial charge in [0.1, 0.15) is 0 Å². The molecule has 0 heterocycles. The van der Waals surface area contributed by atoms with Gasteiger partial charge in [-0.25, -0.2) is 0 Å². The number of halogens is 7. The van der Waals surface area contributed by atoms with Gasteiger partial charge in [0, 0.05) is 10.5 Å². The maximum Gasteiger partial charge on any atom is 0.423 e. The number of nitrogens with two attached hydrogens (primary N) is 1. The summed E-state index contributed by atoms with van der Waals surface area (Å²) in [6.45, 7) is 1.27. The second kappa shape index (κ2) is 6.53. The van der Waals surface area contributed by atoms with Crippen molar-refractivity contribution >= 4 is 15.9 Å². The van der Waals surface area contributed by atoms with Crippen LogP contribution in [0.25, 0.3) is 0 Å². The Morgan fingerprint density at radius 1 is 1.10 bits per heavy atom. The van der Waals surface area contributed by atoms with Crippen molar-refractivity contribution in [2.24, 2.45) is 5.73 Å². The van der Waals surface area contributed by atoms with Gasteiger partial charge in [-0.3, -0.25) is 0 Å². The lowest BCUT2D eigenvalue weighted by atomic mass is 10.0. The first kappa shape index (κ1) is 18.2. The second-order valence-corrected chi connectivity index (χ2v) is 5.35. The van der Waals surface area contributed by atoms with E-state index in [2.05, 4.69) is 20.7 Å². The fraction of sp³-hybridized carbons (Fsp3) is 0.500. The summed E-state index contributed by atoms with van der Waals surface area (Å²) >= 11 is 3.08. The van der Waals surface area contributed by atoms with Crippen molar-refractivity contribution in [2.75, 3.05) is 0 Å². The van der Waals surface area contributed by atoms with Crippen LogP contribution < -0.4 is 5.73 Å². The zero-order valence-electron chi connectivity index (χ0n) is 10.7. The van der Waals surface area contributed by atoms with E-state index < -0.39 is 30.6 Å². The molecule has 2 nitrogen and oxygen atoms in total. The summed E-state index contributed by atoms with van der Waals surface area (Å²) in [7, 11) is 0. The number of alkyl halides is 6. The highest BCUT2D eigenvalue weighted by Gasteiger charge is 2.59. The monoisotopic (exact) mass is 379 g/mol. The molecule has 21 heavy (non-hydrogen) atoms. The van der Waals surface area contributed by atoms with Crippen molar-refractivity contribution in [1.29, 1.82) is 0 Å². The Balaban J connectivity index is 3.12. The molecule has 0 fully saturated rings. The smallest absolute Gasteiger partial charge is 0.351 e. The lowest BCUT2D eigenvalue weighted by molar-refractivity contribution is -0.333. The van der Waals surface area contributed by atoms with E-state index >= 15 is 0 Å². The van der Waals surface area contributed by atoms with Gasteiger partial charge in [0.25, 0.3) is 0 Å². The average Bonchev–Trinajstić information content (AvgIpc) is 2.25. The van der Waals surface area contributed by atoms with Crippen LogP contribution in [0.4, 0.5) is 26.3 Å². The lowest BCUT2D eigenvalue weighted by Crippen LogP contribution is -2.47. The standard InChI is InChI=1S/C12H12BrF6NO/c1-6(20)9(7-3-2-4-8(13)5-7)21-10(11(14,15)16)12(17,18)19/h2-6,9-10H,20H2,1H3. The van der Waals surface area contributed by atoms with Gasteiger partial charge in [-0.15, -0.1) is 0 Å². The molecule has 0 aliphatic heterocycles. The molecule has 1 rings (SSSR count). The minimum Gasteiger partial charge on any atom is -0.351 e. The van der Waals surface area contributed by atoms with Gasteiger partial charge >= 0.3 is 12.4 Å². The Hall–Kier alpha value is -0.800. The Kier molecular flexibility index (Phi) is 5.68. The van der Waals surface area contributed by atoms with E-state index in [9.17, 15) is 26.3 Å². The van der Waals surface area contributed by atoms with Crippen LogP contribution in [0.5, 0.6) is 0 Å². The first-order chi connectivity index (χ1) is 9.43. The second-order valence-electron chi connectivity index (χ2n) is 4.43. The maximum absolute atomic E-state index is 12.5. The molecule has 0 aliphatic rings. The van der Waals surface area contributed by atoms with Gasteiger partial charge in [0.2, 0.25) is 6.10 Å². The molecule has 0 saturated heterocycles. The molecular formula is C12H12BrF6NO. The van der Waals surface area contributed by atoms with E-state index in [1.807, 2.05) is 0 Å². The highest BCUT2D eigenvalue weighted by Crippen LogP contribution is 2.39. The van der Waals surface area contributed by atoms with Crippen LogP contribution in [0, 0.1) is 0 Å². The van der Waals surface area contributed by atoms with Crippen LogP contribution in [0.3, 0.4) is 0 Å². The SMILES string of the molecule is CC(N)C(OC(C(F)(F)F)C(F)(F)F)c1cccc(Br)c1. The highest BCUT2D eigenvalue weighted by molar-refractivity contribution is 9.10. The van der Waals surface area contributed by atoms with Gasteiger partial charge in [-0.2, -0.15) is 26.3 Å². The van der Waals surface area contributed by atoms with Crippen molar-refractivity contribution in [3.63, 3.8) is 0 Å². The summed E-state index contributed by atoms with van der Waals surface area (Å²) in [6, 6.07) is 4.69. The maximum atomic E-state index is 12.5. The molecule has 0 radical (unpaired) electrons. The van der Waals surface area contributed by atoms with Crippen molar-refractivity contribution in [1.82, 2.24) is 0 Å². The fourth-order valence-corrected chi connectivity index (χ4v) is 2.09. The van der Waals surface area contributed by atoms with Crippen LogP contribution in [-0.4, -0.2) is 24.5 Å². The molecule has 2 atom stereocenters. The molecule has 2 unspecified atom stereocenters. The molecule has 1 aromatic carbocycles. The van der Waals surface area contributed by atoms with Crippen LogP contribution in [-0.2, 0) is 4.74 Å². The first-order valence-electron chi connectivity index (χ1n) is 5.73. The van der Waals surface area contributed by atoms with Gasteiger partial charge in [0.05, 0.1) is 6.10 Å².